The molecule has 0 fully saturated rings. The second-order valence-electron chi connectivity index (χ2n) is 2.47. The third-order valence-electron chi connectivity index (χ3n) is 1.57. The van der Waals surface area contributed by atoms with E-state index < -0.39 is 6.09 Å². The van der Waals surface area contributed by atoms with E-state index in [1.807, 2.05) is 30.5 Å². The lowest BCUT2D eigenvalue weighted by Crippen LogP contribution is -2.12. The molecule has 4 heteroatoms. The van der Waals surface area contributed by atoms with Crippen molar-refractivity contribution in [3.05, 3.63) is 30.9 Å². The van der Waals surface area contributed by atoms with Crippen LogP contribution in [0, 0.1) is 6.61 Å². The van der Waals surface area contributed by atoms with Crippen molar-refractivity contribution >= 4 is 23.5 Å². The quantitative estimate of drug-likeness (QED) is 0.779. The van der Waals surface area contributed by atoms with Gasteiger partial charge in [0.15, 0.2) is 0 Å². The van der Waals surface area contributed by atoms with E-state index in [-0.39, 0.29) is 0 Å². The maximum absolute atomic E-state index is 11.1. The molecule has 0 spiro atoms. The highest BCUT2D eigenvalue weighted by Gasteiger charge is 2.05. The van der Waals surface area contributed by atoms with Crippen LogP contribution in [0.15, 0.2) is 29.2 Å². The molecule has 1 aromatic carbocycles. The number of anilines is 1. The van der Waals surface area contributed by atoms with Crippen molar-refractivity contribution < 1.29 is 9.53 Å². The van der Waals surface area contributed by atoms with Crippen LogP contribution in [0.4, 0.5) is 10.5 Å². The zero-order chi connectivity index (χ0) is 10.4. The topological polar surface area (TPSA) is 38.3 Å². The molecule has 0 aliphatic carbocycles. The van der Waals surface area contributed by atoms with Crippen molar-refractivity contribution in [2.45, 2.75) is 11.8 Å². The number of ether oxygens (including phenoxy) is 1. The third-order valence-corrected chi connectivity index (χ3v) is 2.36. The summed E-state index contributed by atoms with van der Waals surface area (Å²) in [6, 6.07) is 7.57. The molecule has 1 aromatic rings. The normalized spacial score (nSPS) is 9.57. The first-order valence-corrected chi connectivity index (χ1v) is 5.39. The van der Waals surface area contributed by atoms with E-state index in [4.69, 9.17) is 0 Å². The zero-order valence-electron chi connectivity index (χ0n) is 8.11. The number of thioether (sulfide) groups is 1. The third kappa shape index (κ3) is 2.96. The molecule has 0 aliphatic heterocycles. The first-order valence-electron chi connectivity index (χ1n) is 4.16. The van der Waals surface area contributed by atoms with E-state index in [0.29, 0.717) is 0 Å². The van der Waals surface area contributed by atoms with Gasteiger partial charge in [0.2, 0.25) is 0 Å². The van der Waals surface area contributed by atoms with Gasteiger partial charge in [0, 0.05) is 4.90 Å². The number of benzene rings is 1. The predicted molar refractivity (Wildman–Crippen MR) is 58.3 cm³/mol. The summed E-state index contributed by atoms with van der Waals surface area (Å²) in [5, 5.41) is 2.65. The summed E-state index contributed by atoms with van der Waals surface area (Å²) < 4.78 is 4.66. The summed E-state index contributed by atoms with van der Waals surface area (Å²) >= 11 is 1.58. The highest BCUT2D eigenvalue weighted by Crippen LogP contribution is 2.24. The molecular weight excluding hydrogens is 198 g/mol. The lowest BCUT2D eigenvalue weighted by Gasteiger charge is -2.08. The number of carbonyl (C=O) groups excluding carboxylic acids is 1. The number of hydrogen-bond donors (Lipinski definition) is 1. The van der Waals surface area contributed by atoms with Gasteiger partial charge in [0.25, 0.3) is 0 Å². The highest BCUT2D eigenvalue weighted by molar-refractivity contribution is 7.98. The standard InChI is InChI=1S/C10H12NO2S/c1-3-13-10(12)11-8-6-4-5-7-9(8)14-2/h3-7H,1-2H3,(H,11,12). The number of para-hydroxylation sites is 1. The minimum Gasteiger partial charge on any atom is -0.442 e. The zero-order valence-corrected chi connectivity index (χ0v) is 8.93. The Kier molecular flexibility index (Phi) is 4.32. The Morgan fingerprint density at radius 3 is 2.86 bits per heavy atom. The summed E-state index contributed by atoms with van der Waals surface area (Å²) in [5.41, 5.74) is 0.770. The average molecular weight is 210 g/mol. The van der Waals surface area contributed by atoms with Crippen LogP contribution in [-0.2, 0) is 4.74 Å². The van der Waals surface area contributed by atoms with E-state index >= 15 is 0 Å². The molecule has 1 N–H and O–H groups in total. The van der Waals surface area contributed by atoms with Crippen molar-refractivity contribution in [3.8, 4) is 0 Å². The second kappa shape index (κ2) is 5.54. The number of nitrogens with one attached hydrogen (secondary N) is 1. The lowest BCUT2D eigenvalue weighted by atomic mass is 10.3. The molecule has 0 aliphatic rings. The fraction of sp³-hybridized carbons (Fsp3) is 0.200. The number of amides is 1. The van der Waals surface area contributed by atoms with Gasteiger partial charge >= 0.3 is 6.09 Å². The van der Waals surface area contributed by atoms with Crippen LogP contribution >= 0.6 is 11.8 Å². The van der Waals surface area contributed by atoms with E-state index in [9.17, 15) is 4.79 Å². The maximum atomic E-state index is 11.1. The minimum atomic E-state index is -0.464. The summed E-state index contributed by atoms with van der Waals surface area (Å²) in [6.45, 7) is 3.00. The Balaban J connectivity index is 2.70. The molecule has 0 saturated carbocycles. The molecule has 0 unspecified atom stereocenters. The molecule has 1 amide bonds. The molecule has 1 rings (SSSR count). The number of carbonyl (C=O) groups is 1. The van der Waals surface area contributed by atoms with Crippen molar-refractivity contribution in [2.24, 2.45) is 0 Å². The molecule has 0 atom stereocenters. The summed E-state index contributed by atoms with van der Waals surface area (Å²) in [7, 11) is 0. The Morgan fingerprint density at radius 1 is 1.50 bits per heavy atom. The fourth-order valence-electron chi connectivity index (χ4n) is 0.994. The fourth-order valence-corrected chi connectivity index (χ4v) is 1.55. The number of rotatable bonds is 3. The predicted octanol–water partition coefficient (Wildman–Crippen LogP) is 3.14. The molecule has 0 bridgehead atoms. The SMILES string of the molecule is C[CH]OC(=O)Nc1ccccc1SC. The van der Waals surface area contributed by atoms with Crippen LogP contribution in [0.2, 0.25) is 0 Å². The van der Waals surface area contributed by atoms with Gasteiger partial charge in [-0.05, 0) is 25.3 Å². The largest absolute Gasteiger partial charge is 0.442 e. The van der Waals surface area contributed by atoms with Crippen molar-refractivity contribution in [2.75, 3.05) is 11.6 Å². The lowest BCUT2D eigenvalue weighted by molar-refractivity contribution is 0.189. The van der Waals surface area contributed by atoms with Crippen LogP contribution in [0.1, 0.15) is 6.92 Å². The van der Waals surface area contributed by atoms with Gasteiger partial charge in [-0.1, -0.05) is 12.1 Å². The van der Waals surface area contributed by atoms with E-state index in [2.05, 4.69) is 10.1 Å². The van der Waals surface area contributed by atoms with Gasteiger partial charge in [-0.15, -0.1) is 11.8 Å². The van der Waals surface area contributed by atoms with Gasteiger partial charge < -0.3 is 4.74 Å². The smallest absolute Gasteiger partial charge is 0.412 e. The van der Waals surface area contributed by atoms with Crippen molar-refractivity contribution in [1.29, 1.82) is 0 Å². The van der Waals surface area contributed by atoms with Gasteiger partial charge in [-0.3, -0.25) is 5.32 Å². The Labute approximate surface area is 87.8 Å². The number of hydrogen-bond acceptors (Lipinski definition) is 3. The molecule has 75 valence electrons. The van der Waals surface area contributed by atoms with Crippen LogP contribution in [0.25, 0.3) is 0 Å². The summed E-state index contributed by atoms with van der Waals surface area (Å²) in [6.07, 6.45) is 1.49. The molecule has 3 nitrogen and oxygen atoms in total. The molecule has 1 radical (unpaired) electrons. The van der Waals surface area contributed by atoms with Crippen LogP contribution < -0.4 is 5.32 Å². The minimum absolute atomic E-state index is 0.464. The Hall–Kier alpha value is -1.16. The van der Waals surface area contributed by atoms with Crippen LogP contribution in [0.3, 0.4) is 0 Å². The monoisotopic (exact) mass is 210 g/mol. The molecule has 0 aromatic heterocycles. The molecular formula is C10H12NO2S. The summed E-state index contributed by atoms with van der Waals surface area (Å²) in [4.78, 5) is 12.1. The molecule has 0 heterocycles. The van der Waals surface area contributed by atoms with E-state index in [1.165, 1.54) is 6.61 Å². The maximum Gasteiger partial charge on any atom is 0.412 e. The first kappa shape index (κ1) is 10.9. The molecule has 14 heavy (non-hydrogen) atoms. The van der Waals surface area contributed by atoms with Crippen molar-refractivity contribution in [3.63, 3.8) is 0 Å². The van der Waals surface area contributed by atoms with Gasteiger partial charge in [0.05, 0.1) is 5.69 Å². The molecule has 0 saturated heterocycles. The van der Waals surface area contributed by atoms with Crippen LogP contribution in [0.5, 0.6) is 0 Å². The van der Waals surface area contributed by atoms with E-state index in [1.54, 1.807) is 18.7 Å². The van der Waals surface area contributed by atoms with Gasteiger partial charge in [-0.25, -0.2) is 4.79 Å². The van der Waals surface area contributed by atoms with Gasteiger partial charge in [0.1, 0.15) is 6.61 Å². The average Bonchev–Trinajstić information content (AvgIpc) is 2.19. The van der Waals surface area contributed by atoms with Crippen molar-refractivity contribution in [1.82, 2.24) is 0 Å². The Morgan fingerprint density at radius 2 is 2.21 bits per heavy atom. The second-order valence-corrected chi connectivity index (χ2v) is 3.31. The van der Waals surface area contributed by atoms with Crippen LogP contribution in [-0.4, -0.2) is 12.3 Å². The summed E-state index contributed by atoms with van der Waals surface area (Å²) in [5.74, 6) is 0. The van der Waals surface area contributed by atoms with E-state index in [0.717, 1.165) is 10.6 Å². The first-order chi connectivity index (χ1) is 6.77. The van der Waals surface area contributed by atoms with Gasteiger partial charge in [-0.2, -0.15) is 0 Å². The Bertz CT molecular complexity index is 315. The highest BCUT2D eigenvalue weighted by atomic mass is 32.2.